The molecule has 2 N–H and O–H groups in total. The molecule has 0 aliphatic carbocycles. The molecule has 230 valence electrons. The average Bonchev–Trinajstić information content (AvgIpc) is 3.03. The summed E-state index contributed by atoms with van der Waals surface area (Å²) in [5.41, 5.74) is 3.49. The predicted molar refractivity (Wildman–Crippen MR) is 167 cm³/mol. The van der Waals surface area contributed by atoms with E-state index in [1.807, 2.05) is 62.4 Å². The van der Waals surface area contributed by atoms with Gasteiger partial charge in [-0.3, -0.25) is 14.2 Å². The van der Waals surface area contributed by atoms with Gasteiger partial charge in [0.2, 0.25) is 0 Å². The quantitative estimate of drug-likeness (QED) is 0.106. The highest BCUT2D eigenvalue weighted by Gasteiger charge is 2.15. The summed E-state index contributed by atoms with van der Waals surface area (Å²) in [5.74, 6) is 0.668. The van der Waals surface area contributed by atoms with Crippen LogP contribution >= 0.6 is 8.25 Å². The molecular formula is C34H35O9P. The van der Waals surface area contributed by atoms with Gasteiger partial charge in [0.05, 0.1) is 13.2 Å². The van der Waals surface area contributed by atoms with E-state index in [0.717, 1.165) is 22.6 Å². The van der Waals surface area contributed by atoms with Gasteiger partial charge in [-0.25, -0.2) is 0 Å². The molecule has 4 aromatic carbocycles. The molecule has 0 bridgehead atoms. The van der Waals surface area contributed by atoms with Crippen molar-refractivity contribution in [2.75, 3.05) is 26.4 Å². The van der Waals surface area contributed by atoms with Crippen LogP contribution in [0.4, 0.5) is 0 Å². The lowest BCUT2D eigenvalue weighted by Gasteiger charge is -2.10. The Balaban J connectivity index is 1.28. The number of aromatic hydroxyl groups is 2. The molecule has 0 saturated heterocycles. The largest absolute Gasteiger partial charge is 0.508 e. The summed E-state index contributed by atoms with van der Waals surface area (Å²) in [6.45, 7) is 3.88. The van der Waals surface area contributed by atoms with Gasteiger partial charge in [0.25, 0.3) is 0 Å². The topological polar surface area (TPSA) is 129 Å². The maximum Gasteiger partial charge on any atom is 0.320 e. The maximum absolute atomic E-state index is 12.7. The van der Waals surface area contributed by atoms with Crippen LogP contribution < -0.4 is 9.47 Å². The minimum Gasteiger partial charge on any atom is -0.508 e. The van der Waals surface area contributed by atoms with Gasteiger partial charge in [-0.2, -0.15) is 0 Å². The van der Waals surface area contributed by atoms with E-state index in [1.54, 1.807) is 12.1 Å². The molecular weight excluding hydrogens is 583 g/mol. The highest BCUT2D eigenvalue weighted by atomic mass is 31.1. The van der Waals surface area contributed by atoms with Crippen molar-refractivity contribution in [3.63, 3.8) is 0 Å². The van der Waals surface area contributed by atoms with Crippen LogP contribution in [0.1, 0.15) is 56.8 Å². The number of benzene rings is 4. The Bertz CT molecular complexity index is 1480. The Morgan fingerprint density at radius 2 is 1.00 bits per heavy atom. The molecule has 0 radical (unpaired) electrons. The van der Waals surface area contributed by atoms with Crippen LogP contribution in [-0.2, 0) is 26.5 Å². The first-order valence-electron chi connectivity index (χ1n) is 14.2. The second-order valence-electron chi connectivity index (χ2n) is 9.87. The lowest BCUT2D eigenvalue weighted by molar-refractivity contribution is 0.0877. The fraction of sp³-hybridized carbons (Fsp3) is 0.235. The van der Waals surface area contributed by atoms with Crippen LogP contribution in [0.3, 0.4) is 0 Å². The minimum absolute atomic E-state index is 0.0450. The van der Waals surface area contributed by atoms with Crippen LogP contribution in [0.25, 0.3) is 0 Å². The number of phenols is 2. The zero-order chi connectivity index (χ0) is 31.5. The predicted octanol–water partition coefficient (Wildman–Crippen LogP) is 6.57. The van der Waals surface area contributed by atoms with Crippen LogP contribution in [0.15, 0.2) is 84.9 Å². The van der Waals surface area contributed by atoms with Crippen molar-refractivity contribution in [2.45, 2.75) is 26.7 Å². The number of Topliss-reactive ketones (excluding diaryl/α,β-unsaturated/α-hetero) is 2. The highest BCUT2D eigenvalue weighted by molar-refractivity contribution is 7.33. The number of rotatable bonds is 16. The number of hydrogen-bond acceptors (Lipinski definition) is 9. The molecule has 0 aromatic heterocycles. The standard InChI is InChI=1S/C34H35O9P/c1-3-40-29-11-5-23(6-12-29)17-27-19-25(9-15-31(27)35)33(37)21-42-44(39)43-22-34(38)26-10-16-32(36)28(20-26)18-24-7-13-30(14-8-24)41-4-2/h5-16,19-20,35-36,44H,3-4,17-18,21-22H2,1-2H3. The van der Waals surface area contributed by atoms with Gasteiger partial charge < -0.3 is 28.7 Å². The van der Waals surface area contributed by atoms with E-state index in [1.165, 1.54) is 24.3 Å². The molecule has 0 fully saturated rings. The van der Waals surface area contributed by atoms with Gasteiger partial charge in [0, 0.05) is 24.0 Å². The Morgan fingerprint density at radius 1 is 0.614 bits per heavy atom. The zero-order valence-electron chi connectivity index (χ0n) is 24.6. The number of ether oxygens (including phenoxy) is 2. The summed E-state index contributed by atoms with van der Waals surface area (Å²) in [6.07, 6.45) is 0.780. The average molecular weight is 619 g/mol. The molecule has 0 heterocycles. The van der Waals surface area contributed by atoms with E-state index >= 15 is 0 Å². The molecule has 0 aliphatic heterocycles. The van der Waals surface area contributed by atoms with Crippen molar-refractivity contribution in [2.24, 2.45) is 0 Å². The molecule has 44 heavy (non-hydrogen) atoms. The van der Waals surface area contributed by atoms with Crippen molar-refractivity contribution < 1.29 is 42.9 Å². The van der Waals surface area contributed by atoms with E-state index in [-0.39, 0.29) is 22.6 Å². The molecule has 0 saturated carbocycles. The van der Waals surface area contributed by atoms with Crippen molar-refractivity contribution in [1.82, 2.24) is 0 Å². The fourth-order valence-electron chi connectivity index (χ4n) is 4.44. The normalized spacial score (nSPS) is 11.0. The van der Waals surface area contributed by atoms with E-state index in [9.17, 15) is 24.4 Å². The number of carbonyl (C=O) groups excluding carboxylic acids is 2. The van der Waals surface area contributed by atoms with Gasteiger partial charge in [-0.1, -0.05) is 24.3 Å². The first-order valence-corrected chi connectivity index (χ1v) is 15.4. The third kappa shape index (κ3) is 9.28. The number of ketones is 2. The fourth-order valence-corrected chi connectivity index (χ4v) is 5.02. The van der Waals surface area contributed by atoms with Gasteiger partial charge in [-0.05, 0) is 96.8 Å². The number of carbonyl (C=O) groups is 2. The zero-order valence-corrected chi connectivity index (χ0v) is 25.6. The monoisotopic (exact) mass is 618 g/mol. The summed E-state index contributed by atoms with van der Waals surface area (Å²) in [7, 11) is -3.16. The summed E-state index contributed by atoms with van der Waals surface area (Å²) >= 11 is 0. The lowest BCUT2D eigenvalue weighted by atomic mass is 10.0. The lowest BCUT2D eigenvalue weighted by Crippen LogP contribution is -2.10. The molecule has 9 nitrogen and oxygen atoms in total. The van der Waals surface area contributed by atoms with E-state index in [2.05, 4.69) is 0 Å². The molecule has 0 aliphatic rings. The Hall–Kier alpha value is -4.43. The summed E-state index contributed by atoms with van der Waals surface area (Å²) in [4.78, 5) is 25.4. The molecule has 10 heteroatoms. The Morgan fingerprint density at radius 3 is 1.36 bits per heavy atom. The second-order valence-corrected chi connectivity index (χ2v) is 10.9. The number of hydrogen-bond donors (Lipinski definition) is 2. The van der Waals surface area contributed by atoms with Crippen LogP contribution in [-0.4, -0.2) is 48.2 Å². The van der Waals surface area contributed by atoms with Gasteiger partial charge in [-0.15, -0.1) is 0 Å². The highest BCUT2D eigenvalue weighted by Crippen LogP contribution is 2.28. The molecule has 4 rings (SSSR count). The first-order chi connectivity index (χ1) is 21.2. The van der Waals surface area contributed by atoms with Crippen LogP contribution in [0.5, 0.6) is 23.0 Å². The second kappa shape index (κ2) is 15.9. The van der Waals surface area contributed by atoms with E-state index < -0.39 is 33.0 Å². The smallest absolute Gasteiger partial charge is 0.320 e. The molecule has 0 unspecified atom stereocenters. The Kier molecular flexibility index (Phi) is 11.7. The van der Waals surface area contributed by atoms with E-state index in [4.69, 9.17) is 18.5 Å². The minimum atomic E-state index is -3.16. The van der Waals surface area contributed by atoms with Crippen molar-refractivity contribution >= 4 is 19.8 Å². The van der Waals surface area contributed by atoms with Crippen molar-refractivity contribution in [1.29, 1.82) is 0 Å². The van der Waals surface area contributed by atoms with Crippen LogP contribution in [0.2, 0.25) is 0 Å². The molecule has 0 amide bonds. The third-order valence-electron chi connectivity index (χ3n) is 6.70. The summed E-state index contributed by atoms with van der Waals surface area (Å²) < 4.78 is 33.4. The SMILES string of the molecule is CCOc1ccc(Cc2cc(C(=O)CO[PH](=O)OCC(=O)c3ccc(O)c(Cc4ccc(OCC)cc4)c3)ccc2O)cc1. The maximum atomic E-state index is 12.7. The first kappa shape index (κ1) is 32.5. The van der Waals surface area contributed by atoms with E-state index in [0.29, 0.717) is 37.2 Å². The number of phenolic OH excluding ortho intramolecular Hbond substituents is 2. The van der Waals surface area contributed by atoms with Crippen LogP contribution in [0, 0.1) is 0 Å². The van der Waals surface area contributed by atoms with Crippen molar-refractivity contribution in [3.8, 4) is 23.0 Å². The van der Waals surface area contributed by atoms with Gasteiger partial charge in [0.15, 0.2) is 11.6 Å². The molecule has 0 atom stereocenters. The summed E-state index contributed by atoms with van der Waals surface area (Å²) in [5, 5.41) is 20.6. The van der Waals surface area contributed by atoms with Gasteiger partial charge >= 0.3 is 8.25 Å². The summed E-state index contributed by atoms with van der Waals surface area (Å²) in [6, 6.07) is 23.8. The van der Waals surface area contributed by atoms with Crippen molar-refractivity contribution in [3.05, 3.63) is 118 Å². The Labute approximate surface area is 256 Å². The molecule has 4 aromatic rings. The molecule has 0 spiro atoms. The third-order valence-corrected chi connectivity index (χ3v) is 7.46. The van der Waals surface area contributed by atoms with Gasteiger partial charge in [0.1, 0.15) is 36.2 Å².